The Morgan fingerprint density at radius 2 is 0.809 bits per heavy atom. The first-order valence-corrected chi connectivity index (χ1v) is 16.2. The molecule has 0 saturated carbocycles. The molecule has 1 nitrogen and oxygen atoms in total. The molecule has 0 fully saturated rings. The van der Waals surface area contributed by atoms with Crippen molar-refractivity contribution in [1.82, 2.24) is 0 Å². The van der Waals surface area contributed by atoms with Gasteiger partial charge >= 0.3 is 0 Å². The zero-order valence-electron chi connectivity index (χ0n) is 25.8. The Kier molecular flexibility index (Phi) is 6.54. The summed E-state index contributed by atoms with van der Waals surface area (Å²) in [6.45, 7) is 0. The SMILES string of the molecule is c1cc(-c2cccc(N(c3ccc4c(ccc5ccccc54)c3)c3cccc4ccccc34)c2)cc(-c2cccc3ccccc23)c1. The van der Waals surface area contributed by atoms with Crippen LogP contribution in [0.3, 0.4) is 0 Å². The van der Waals surface area contributed by atoms with Crippen molar-refractivity contribution in [2.75, 3.05) is 4.90 Å². The predicted octanol–water partition coefficient (Wildman–Crippen LogP) is 13.1. The molecule has 9 aromatic carbocycles. The minimum atomic E-state index is 1.12. The minimum absolute atomic E-state index is 1.12. The van der Waals surface area contributed by atoms with Crippen LogP contribution >= 0.6 is 0 Å². The van der Waals surface area contributed by atoms with E-state index in [1.54, 1.807) is 0 Å². The summed E-state index contributed by atoms with van der Waals surface area (Å²) >= 11 is 0. The van der Waals surface area contributed by atoms with Crippen LogP contribution in [0.2, 0.25) is 0 Å². The van der Waals surface area contributed by atoms with Crippen LogP contribution in [-0.4, -0.2) is 0 Å². The van der Waals surface area contributed by atoms with Gasteiger partial charge in [0.25, 0.3) is 0 Å². The Hall–Kier alpha value is -6.18. The fraction of sp³-hybridized carbons (Fsp3) is 0. The lowest BCUT2D eigenvalue weighted by Crippen LogP contribution is -2.10. The van der Waals surface area contributed by atoms with Gasteiger partial charge in [-0.2, -0.15) is 0 Å². The van der Waals surface area contributed by atoms with Crippen molar-refractivity contribution in [1.29, 1.82) is 0 Å². The average Bonchev–Trinajstić information content (AvgIpc) is 3.15. The van der Waals surface area contributed by atoms with E-state index < -0.39 is 0 Å². The molecule has 9 rings (SSSR count). The van der Waals surface area contributed by atoms with E-state index in [9.17, 15) is 0 Å². The maximum absolute atomic E-state index is 2.41. The zero-order chi connectivity index (χ0) is 31.2. The number of rotatable bonds is 5. The molecule has 0 saturated heterocycles. The second kappa shape index (κ2) is 11.3. The number of nitrogens with zero attached hydrogens (tertiary/aromatic N) is 1. The van der Waals surface area contributed by atoms with Gasteiger partial charge in [0.05, 0.1) is 5.69 Å². The van der Waals surface area contributed by atoms with E-state index in [0.29, 0.717) is 0 Å². The van der Waals surface area contributed by atoms with E-state index in [1.807, 2.05) is 0 Å². The van der Waals surface area contributed by atoms with Crippen LogP contribution in [0.4, 0.5) is 17.1 Å². The summed E-state index contributed by atoms with van der Waals surface area (Å²) in [7, 11) is 0. The van der Waals surface area contributed by atoms with Crippen LogP contribution in [0.25, 0.3) is 65.3 Å². The molecule has 47 heavy (non-hydrogen) atoms. The molecule has 0 heterocycles. The van der Waals surface area contributed by atoms with Crippen LogP contribution in [0.1, 0.15) is 0 Å². The van der Waals surface area contributed by atoms with E-state index in [0.717, 1.165) is 17.1 Å². The molecular formula is C46H31N. The summed E-state index contributed by atoms with van der Waals surface area (Å²) in [5, 5.41) is 10.0. The highest BCUT2D eigenvalue weighted by Gasteiger charge is 2.17. The topological polar surface area (TPSA) is 3.24 Å². The Balaban J connectivity index is 1.21. The van der Waals surface area contributed by atoms with Gasteiger partial charge in [0, 0.05) is 16.8 Å². The van der Waals surface area contributed by atoms with Gasteiger partial charge in [-0.05, 0) is 96.4 Å². The highest BCUT2D eigenvalue weighted by Crippen LogP contribution is 2.42. The highest BCUT2D eigenvalue weighted by atomic mass is 15.1. The van der Waals surface area contributed by atoms with Crippen molar-refractivity contribution in [3.63, 3.8) is 0 Å². The zero-order valence-corrected chi connectivity index (χ0v) is 25.8. The summed E-state index contributed by atoms with van der Waals surface area (Å²) in [5.41, 5.74) is 8.26. The number of hydrogen-bond acceptors (Lipinski definition) is 1. The van der Waals surface area contributed by atoms with Gasteiger partial charge in [-0.3, -0.25) is 0 Å². The quantitative estimate of drug-likeness (QED) is 0.178. The Bertz CT molecular complexity index is 2580. The summed E-state index contributed by atoms with van der Waals surface area (Å²) in [5.74, 6) is 0. The maximum Gasteiger partial charge on any atom is 0.0540 e. The van der Waals surface area contributed by atoms with Gasteiger partial charge < -0.3 is 4.90 Å². The molecule has 0 spiro atoms. The minimum Gasteiger partial charge on any atom is -0.310 e. The van der Waals surface area contributed by atoms with Crippen LogP contribution < -0.4 is 4.90 Å². The summed E-state index contributed by atoms with van der Waals surface area (Å²) in [6, 6.07) is 68.3. The molecule has 0 bridgehead atoms. The van der Waals surface area contributed by atoms with E-state index in [1.165, 1.54) is 65.3 Å². The van der Waals surface area contributed by atoms with E-state index in [-0.39, 0.29) is 0 Å². The lowest BCUT2D eigenvalue weighted by atomic mass is 9.95. The molecule has 9 aromatic rings. The first-order valence-electron chi connectivity index (χ1n) is 16.2. The predicted molar refractivity (Wildman–Crippen MR) is 202 cm³/mol. The number of fused-ring (bicyclic) bond motifs is 5. The van der Waals surface area contributed by atoms with Crippen LogP contribution in [-0.2, 0) is 0 Å². The molecule has 0 aliphatic carbocycles. The lowest BCUT2D eigenvalue weighted by molar-refractivity contribution is 1.30. The first-order chi connectivity index (χ1) is 23.3. The van der Waals surface area contributed by atoms with E-state index >= 15 is 0 Å². The van der Waals surface area contributed by atoms with Crippen LogP contribution in [0.15, 0.2) is 188 Å². The Labute approximate surface area is 274 Å². The van der Waals surface area contributed by atoms with Crippen molar-refractivity contribution in [2.24, 2.45) is 0 Å². The third-order valence-electron chi connectivity index (χ3n) is 9.40. The summed E-state index contributed by atoms with van der Waals surface area (Å²) in [4.78, 5) is 2.41. The monoisotopic (exact) mass is 597 g/mol. The Morgan fingerprint density at radius 3 is 1.64 bits per heavy atom. The summed E-state index contributed by atoms with van der Waals surface area (Å²) < 4.78 is 0. The van der Waals surface area contributed by atoms with Crippen molar-refractivity contribution >= 4 is 60.2 Å². The second-order valence-corrected chi connectivity index (χ2v) is 12.2. The number of anilines is 3. The van der Waals surface area contributed by atoms with E-state index in [4.69, 9.17) is 0 Å². The molecule has 0 unspecified atom stereocenters. The molecule has 220 valence electrons. The third kappa shape index (κ3) is 4.81. The molecule has 1 heteroatoms. The van der Waals surface area contributed by atoms with Gasteiger partial charge in [-0.15, -0.1) is 0 Å². The fourth-order valence-corrected chi connectivity index (χ4v) is 7.14. The molecule has 0 aromatic heterocycles. The molecule has 0 atom stereocenters. The standard InChI is InChI=1S/C46H31N/c1-4-20-41-32(11-1)14-9-23-43(41)37-18-7-16-35(29-37)36-17-8-19-39(30-36)47(46-24-10-15-33-12-3-6-22-45(33)46)40-27-28-44-38(31-40)26-25-34-13-2-5-21-42(34)44/h1-31H. The molecular weight excluding hydrogens is 567 g/mol. The van der Waals surface area contributed by atoms with Crippen molar-refractivity contribution in [3.05, 3.63) is 188 Å². The molecule has 0 aliphatic heterocycles. The van der Waals surface area contributed by atoms with Gasteiger partial charge in [0.15, 0.2) is 0 Å². The smallest absolute Gasteiger partial charge is 0.0540 e. The highest BCUT2D eigenvalue weighted by molar-refractivity contribution is 6.09. The maximum atomic E-state index is 2.41. The largest absolute Gasteiger partial charge is 0.310 e. The second-order valence-electron chi connectivity index (χ2n) is 12.2. The van der Waals surface area contributed by atoms with Crippen molar-refractivity contribution in [2.45, 2.75) is 0 Å². The van der Waals surface area contributed by atoms with Gasteiger partial charge in [-0.25, -0.2) is 0 Å². The summed E-state index contributed by atoms with van der Waals surface area (Å²) in [6.07, 6.45) is 0. The van der Waals surface area contributed by atoms with Crippen LogP contribution in [0, 0.1) is 0 Å². The molecule has 0 N–H and O–H groups in total. The van der Waals surface area contributed by atoms with Crippen LogP contribution in [0.5, 0.6) is 0 Å². The number of benzene rings is 9. The normalized spacial score (nSPS) is 11.4. The first kappa shape index (κ1) is 27.2. The van der Waals surface area contributed by atoms with Gasteiger partial charge in [0.2, 0.25) is 0 Å². The Morgan fingerprint density at radius 1 is 0.277 bits per heavy atom. The van der Waals surface area contributed by atoms with Crippen molar-refractivity contribution < 1.29 is 0 Å². The number of hydrogen-bond donors (Lipinski definition) is 0. The van der Waals surface area contributed by atoms with Gasteiger partial charge in [-0.1, -0.05) is 152 Å². The van der Waals surface area contributed by atoms with Gasteiger partial charge in [0.1, 0.15) is 0 Å². The average molecular weight is 598 g/mol. The van der Waals surface area contributed by atoms with Crippen molar-refractivity contribution in [3.8, 4) is 22.3 Å². The fourth-order valence-electron chi connectivity index (χ4n) is 7.14. The molecule has 0 amide bonds. The molecule has 0 radical (unpaired) electrons. The molecule has 0 aliphatic rings. The lowest BCUT2D eigenvalue weighted by Gasteiger charge is -2.28. The third-order valence-corrected chi connectivity index (χ3v) is 9.40. The van der Waals surface area contributed by atoms with E-state index in [2.05, 4.69) is 193 Å².